The van der Waals surface area contributed by atoms with Gasteiger partial charge in [-0.15, -0.1) is 0 Å². The second-order valence-corrected chi connectivity index (χ2v) is 5.03. The van der Waals surface area contributed by atoms with Gasteiger partial charge in [0.1, 0.15) is 11.5 Å². The predicted octanol–water partition coefficient (Wildman–Crippen LogP) is 2.61. The van der Waals surface area contributed by atoms with Crippen molar-refractivity contribution in [2.45, 2.75) is 12.8 Å². The smallest absolute Gasteiger partial charge is 0.142 e. The second-order valence-electron chi connectivity index (χ2n) is 4.17. The molecule has 0 spiro atoms. The third-order valence-electron chi connectivity index (χ3n) is 2.98. The normalized spacial score (nSPS) is 19.3. The van der Waals surface area contributed by atoms with E-state index in [0.717, 1.165) is 22.2 Å². The molecule has 1 unspecified atom stereocenters. The number of carbonyl (C=O) groups excluding carboxylic acids is 1. The predicted molar refractivity (Wildman–Crippen MR) is 68.3 cm³/mol. The van der Waals surface area contributed by atoms with E-state index < -0.39 is 0 Å². The quantitative estimate of drug-likeness (QED) is 0.857. The Labute approximate surface area is 109 Å². The van der Waals surface area contributed by atoms with Crippen molar-refractivity contribution in [3.8, 4) is 5.75 Å². The molecule has 1 atom stereocenters. The minimum absolute atomic E-state index is 0.0795. The number of ketones is 1. The molecule has 1 saturated heterocycles. The van der Waals surface area contributed by atoms with Crippen LogP contribution >= 0.6 is 15.9 Å². The van der Waals surface area contributed by atoms with Crippen molar-refractivity contribution in [2.24, 2.45) is 5.92 Å². The van der Waals surface area contributed by atoms with Gasteiger partial charge in [0, 0.05) is 18.9 Å². The van der Waals surface area contributed by atoms with Gasteiger partial charge < -0.3 is 9.47 Å². The summed E-state index contributed by atoms with van der Waals surface area (Å²) in [5.74, 6) is 1.13. The summed E-state index contributed by atoms with van der Waals surface area (Å²) in [6, 6.07) is 5.74. The first-order valence-electron chi connectivity index (χ1n) is 5.63. The highest BCUT2D eigenvalue weighted by molar-refractivity contribution is 9.10. The molecule has 0 aromatic heterocycles. The lowest BCUT2D eigenvalue weighted by Gasteiger charge is -2.08. The van der Waals surface area contributed by atoms with Gasteiger partial charge in [-0.1, -0.05) is 6.07 Å². The first-order chi connectivity index (χ1) is 8.20. The van der Waals surface area contributed by atoms with Crippen molar-refractivity contribution < 1.29 is 14.3 Å². The van der Waals surface area contributed by atoms with Gasteiger partial charge in [-0.3, -0.25) is 4.79 Å². The van der Waals surface area contributed by atoms with E-state index in [1.807, 2.05) is 18.2 Å². The molecular weight excluding hydrogens is 284 g/mol. The number of hydrogen-bond acceptors (Lipinski definition) is 3. The monoisotopic (exact) mass is 298 g/mol. The van der Waals surface area contributed by atoms with Crippen LogP contribution in [0, 0.1) is 5.92 Å². The van der Waals surface area contributed by atoms with Crippen molar-refractivity contribution in [3.63, 3.8) is 0 Å². The Morgan fingerprint density at radius 1 is 1.59 bits per heavy atom. The Hall–Kier alpha value is -0.870. The fraction of sp³-hybridized carbons (Fsp3) is 0.462. The number of ether oxygens (including phenoxy) is 2. The van der Waals surface area contributed by atoms with Crippen molar-refractivity contribution in [1.29, 1.82) is 0 Å². The number of methoxy groups -OCH3 is 1. The van der Waals surface area contributed by atoms with Crippen LogP contribution in [0.1, 0.15) is 12.0 Å². The Bertz CT molecular complexity index is 411. The molecule has 0 aliphatic carbocycles. The zero-order chi connectivity index (χ0) is 12.3. The van der Waals surface area contributed by atoms with Gasteiger partial charge in [0.05, 0.1) is 18.2 Å². The van der Waals surface area contributed by atoms with Crippen molar-refractivity contribution in [1.82, 2.24) is 0 Å². The number of halogens is 1. The molecule has 0 N–H and O–H groups in total. The zero-order valence-electron chi connectivity index (χ0n) is 9.74. The van der Waals surface area contributed by atoms with Gasteiger partial charge in [0.15, 0.2) is 0 Å². The molecule has 1 fully saturated rings. The number of carbonyl (C=O) groups is 1. The van der Waals surface area contributed by atoms with Gasteiger partial charge >= 0.3 is 0 Å². The summed E-state index contributed by atoms with van der Waals surface area (Å²) in [4.78, 5) is 12.0. The molecule has 1 aromatic carbocycles. The van der Waals surface area contributed by atoms with E-state index in [1.54, 1.807) is 7.11 Å². The molecule has 1 aliphatic heterocycles. The number of rotatable bonds is 4. The Balaban J connectivity index is 2.03. The van der Waals surface area contributed by atoms with E-state index in [4.69, 9.17) is 9.47 Å². The molecule has 17 heavy (non-hydrogen) atoms. The maximum Gasteiger partial charge on any atom is 0.142 e. The maximum absolute atomic E-state index is 12.0. The number of benzene rings is 1. The van der Waals surface area contributed by atoms with Gasteiger partial charge in [-0.25, -0.2) is 0 Å². The lowest BCUT2D eigenvalue weighted by atomic mass is 9.97. The van der Waals surface area contributed by atoms with Crippen LogP contribution in [-0.4, -0.2) is 26.1 Å². The summed E-state index contributed by atoms with van der Waals surface area (Å²) in [5, 5.41) is 0. The molecule has 1 heterocycles. The first kappa shape index (κ1) is 12.6. The second kappa shape index (κ2) is 5.65. The van der Waals surface area contributed by atoms with Crippen LogP contribution in [0.5, 0.6) is 5.75 Å². The van der Waals surface area contributed by atoms with E-state index in [1.165, 1.54) is 0 Å². The Morgan fingerprint density at radius 2 is 2.41 bits per heavy atom. The largest absolute Gasteiger partial charge is 0.496 e. The van der Waals surface area contributed by atoms with E-state index >= 15 is 0 Å². The molecule has 2 rings (SSSR count). The molecule has 1 aromatic rings. The van der Waals surface area contributed by atoms with Crippen molar-refractivity contribution in [3.05, 3.63) is 28.2 Å². The number of hydrogen-bond donors (Lipinski definition) is 0. The van der Waals surface area contributed by atoms with Crippen LogP contribution in [0.3, 0.4) is 0 Å². The lowest BCUT2D eigenvalue weighted by Crippen LogP contribution is -2.16. The molecule has 3 nitrogen and oxygen atoms in total. The zero-order valence-corrected chi connectivity index (χ0v) is 11.3. The first-order valence-corrected chi connectivity index (χ1v) is 6.43. The molecular formula is C13H15BrO3. The average molecular weight is 299 g/mol. The highest BCUT2D eigenvalue weighted by Crippen LogP contribution is 2.26. The van der Waals surface area contributed by atoms with E-state index in [-0.39, 0.29) is 11.7 Å². The lowest BCUT2D eigenvalue weighted by molar-refractivity contribution is -0.122. The standard InChI is InChI=1S/C13H15BrO3/c1-16-13-3-2-9(6-11(13)14)7-12(15)10-4-5-17-8-10/h2-3,6,10H,4-5,7-8H2,1H3. The fourth-order valence-electron chi connectivity index (χ4n) is 1.95. The Kier molecular flexibility index (Phi) is 4.18. The SMILES string of the molecule is COc1ccc(CC(=O)C2CCOC2)cc1Br. The summed E-state index contributed by atoms with van der Waals surface area (Å²) in [5.41, 5.74) is 1.01. The summed E-state index contributed by atoms with van der Waals surface area (Å²) in [7, 11) is 1.63. The number of Topliss-reactive ketones (excluding diaryl/α,β-unsaturated/α-hetero) is 1. The molecule has 1 aliphatic rings. The van der Waals surface area contributed by atoms with E-state index in [2.05, 4.69) is 15.9 Å². The molecule has 4 heteroatoms. The minimum atomic E-state index is 0.0795. The van der Waals surface area contributed by atoms with Gasteiger partial charge in [-0.05, 0) is 40.0 Å². The van der Waals surface area contributed by atoms with E-state index in [9.17, 15) is 4.79 Å². The summed E-state index contributed by atoms with van der Waals surface area (Å²) >= 11 is 3.42. The molecule has 0 saturated carbocycles. The maximum atomic E-state index is 12.0. The van der Waals surface area contributed by atoms with Gasteiger partial charge in [0.2, 0.25) is 0 Å². The van der Waals surface area contributed by atoms with Crippen LogP contribution in [0.15, 0.2) is 22.7 Å². The van der Waals surface area contributed by atoms with Crippen LogP contribution in [0.2, 0.25) is 0 Å². The molecule has 0 radical (unpaired) electrons. The summed E-state index contributed by atoms with van der Waals surface area (Å²) in [6.07, 6.45) is 1.33. The summed E-state index contributed by atoms with van der Waals surface area (Å²) < 4.78 is 11.3. The van der Waals surface area contributed by atoms with Crippen LogP contribution in [0.25, 0.3) is 0 Å². The molecule has 0 bridgehead atoms. The van der Waals surface area contributed by atoms with Crippen LogP contribution < -0.4 is 4.74 Å². The van der Waals surface area contributed by atoms with Crippen molar-refractivity contribution in [2.75, 3.05) is 20.3 Å². The molecule has 92 valence electrons. The topological polar surface area (TPSA) is 35.5 Å². The summed E-state index contributed by atoms with van der Waals surface area (Å²) in [6.45, 7) is 1.29. The fourth-order valence-corrected chi connectivity index (χ4v) is 2.54. The van der Waals surface area contributed by atoms with Crippen LogP contribution in [-0.2, 0) is 16.0 Å². The third kappa shape index (κ3) is 3.07. The van der Waals surface area contributed by atoms with E-state index in [0.29, 0.717) is 19.6 Å². The average Bonchev–Trinajstić information content (AvgIpc) is 2.82. The van der Waals surface area contributed by atoms with Gasteiger partial charge in [-0.2, -0.15) is 0 Å². The van der Waals surface area contributed by atoms with Crippen LogP contribution in [0.4, 0.5) is 0 Å². The Morgan fingerprint density at radius 3 is 3.00 bits per heavy atom. The highest BCUT2D eigenvalue weighted by atomic mass is 79.9. The minimum Gasteiger partial charge on any atom is -0.496 e. The highest BCUT2D eigenvalue weighted by Gasteiger charge is 2.23. The molecule has 0 amide bonds. The van der Waals surface area contributed by atoms with Gasteiger partial charge in [0.25, 0.3) is 0 Å². The third-order valence-corrected chi connectivity index (χ3v) is 3.60. The van der Waals surface area contributed by atoms with Crippen molar-refractivity contribution >= 4 is 21.7 Å².